The lowest BCUT2D eigenvalue weighted by atomic mass is 10.2. The lowest BCUT2D eigenvalue weighted by Crippen LogP contribution is -1.90. The highest BCUT2D eigenvalue weighted by atomic mass is 79.9. The minimum atomic E-state index is -0.404. The Hall–Kier alpha value is -0.680. The van der Waals surface area contributed by atoms with Crippen LogP contribution in [0.25, 0.3) is 6.08 Å². The van der Waals surface area contributed by atoms with Crippen molar-refractivity contribution in [2.75, 3.05) is 0 Å². The van der Waals surface area contributed by atoms with Crippen LogP contribution in [-0.4, -0.2) is 9.75 Å². The topological polar surface area (TPSA) is 43.1 Å². The van der Waals surface area contributed by atoms with E-state index in [1.165, 1.54) is 6.07 Å². The Labute approximate surface area is 105 Å². The van der Waals surface area contributed by atoms with E-state index < -0.39 is 4.92 Å². The molecule has 0 saturated carbocycles. The summed E-state index contributed by atoms with van der Waals surface area (Å²) in [5, 5.41) is 10.7. The molecule has 0 bridgehead atoms. The molecule has 0 radical (unpaired) electrons. The highest BCUT2D eigenvalue weighted by Crippen LogP contribution is 2.26. The number of rotatable bonds is 3. The Morgan fingerprint density at radius 2 is 2.20 bits per heavy atom. The summed E-state index contributed by atoms with van der Waals surface area (Å²) in [5.41, 5.74) is 0.899. The van der Waals surface area contributed by atoms with Crippen LogP contribution in [0.15, 0.2) is 28.7 Å². The van der Waals surface area contributed by atoms with Gasteiger partial charge in [0.1, 0.15) is 0 Å². The third-order valence-corrected chi connectivity index (χ3v) is 2.70. The summed E-state index contributed by atoms with van der Waals surface area (Å²) in [7, 11) is 0. The fourth-order valence-corrected chi connectivity index (χ4v) is 1.56. The molecule has 5 heteroatoms. The smallest absolute Gasteiger partial charge is 0.258 e. The quantitative estimate of drug-likeness (QED) is 0.473. The van der Waals surface area contributed by atoms with Crippen molar-refractivity contribution >= 4 is 43.6 Å². The van der Waals surface area contributed by atoms with Crippen LogP contribution in [0, 0.1) is 10.1 Å². The van der Waals surface area contributed by atoms with Gasteiger partial charge in [-0.1, -0.05) is 34.1 Å². The van der Waals surface area contributed by atoms with Gasteiger partial charge in [0.05, 0.1) is 9.40 Å². The first-order valence-corrected chi connectivity index (χ1v) is 5.98. The van der Waals surface area contributed by atoms with E-state index in [9.17, 15) is 10.1 Å². The van der Waals surface area contributed by atoms with Gasteiger partial charge in [0, 0.05) is 10.9 Å². The molecule has 1 unspecified atom stereocenters. The van der Waals surface area contributed by atoms with E-state index in [0.717, 1.165) is 5.56 Å². The number of nitro groups is 1. The van der Waals surface area contributed by atoms with Gasteiger partial charge in [0.2, 0.25) is 0 Å². The lowest BCUT2D eigenvalue weighted by Gasteiger charge is -1.98. The summed E-state index contributed by atoms with van der Waals surface area (Å²) in [5.74, 6) is 0. The van der Waals surface area contributed by atoms with Crippen molar-refractivity contribution in [3.63, 3.8) is 0 Å². The molecule has 1 aromatic carbocycles. The zero-order chi connectivity index (χ0) is 11.4. The molecule has 3 nitrogen and oxygen atoms in total. The molecule has 0 saturated heterocycles. The maximum absolute atomic E-state index is 10.7. The summed E-state index contributed by atoms with van der Waals surface area (Å²) >= 11 is 6.50. The highest BCUT2D eigenvalue weighted by molar-refractivity contribution is 9.10. The SMILES string of the molecule is CC(Br)/C=C/c1ccc(Br)c([N+](=O)[O-])c1. The number of halogens is 2. The zero-order valence-electron chi connectivity index (χ0n) is 7.98. The van der Waals surface area contributed by atoms with Crippen molar-refractivity contribution in [3.8, 4) is 0 Å². The van der Waals surface area contributed by atoms with Crippen molar-refractivity contribution in [1.82, 2.24) is 0 Å². The molecule has 1 aromatic rings. The number of alkyl halides is 1. The number of nitro benzene ring substituents is 1. The third kappa shape index (κ3) is 3.76. The van der Waals surface area contributed by atoms with E-state index in [0.29, 0.717) is 4.47 Å². The Kier molecular flexibility index (Phi) is 4.47. The van der Waals surface area contributed by atoms with Gasteiger partial charge >= 0.3 is 0 Å². The summed E-state index contributed by atoms with van der Waals surface area (Å²) in [6.45, 7) is 1.98. The average molecular weight is 335 g/mol. The Morgan fingerprint density at radius 3 is 2.73 bits per heavy atom. The molecular weight excluding hydrogens is 326 g/mol. The molecule has 0 aliphatic heterocycles. The largest absolute Gasteiger partial charge is 0.284 e. The maximum atomic E-state index is 10.7. The molecule has 0 amide bonds. The Balaban J connectivity index is 3.03. The van der Waals surface area contributed by atoms with Crippen LogP contribution in [0.3, 0.4) is 0 Å². The number of hydrogen-bond acceptors (Lipinski definition) is 2. The van der Waals surface area contributed by atoms with E-state index in [4.69, 9.17) is 0 Å². The molecule has 0 heterocycles. The van der Waals surface area contributed by atoms with Crippen molar-refractivity contribution in [3.05, 3.63) is 44.4 Å². The van der Waals surface area contributed by atoms with E-state index >= 15 is 0 Å². The molecule has 1 atom stereocenters. The number of nitrogens with zero attached hydrogens (tertiary/aromatic N) is 1. The van der Waals surface area contributed by atoms with Gasteiger partial charge in [-0.3, -0.25) is 10.1 Å². The van der Waals surface area contributed by atoms with E-state index in [1.807, 2.05) is 25.1 Å². The molecule has 0 spiro atoms. The first-order valence-electron chi connectivity index (χ1n) is 4.27. The van der Waals surface area contributed by atoms with Crippen LogP contribution < -0.4 is 0 Å². The van der Waals surface area contributed by atoms with Crippen molar-refractivity contribution in [1.29, 1.82) is 0 Å². The van der Waals surface area contributed by atoms with Gasteiger partial charge in [-0.15, -0.1) is 0 Å². The van der Waals surface area contributed by atoms with Gasteiger partial charge in [-0.2, -0.15) is 0 Å². The first-order chi connectivity index (χ1) is 7.00. The molecule has 1 rings (SSSR count). The Morgan fingerprint density at radius 1 is 1.53 bits per heavy atom. The summed E-state index contributed by atoms with van der Waals surface area (Å²) < 4.78 is 0.497. The first kappa shape index (κ1) is 12.4. The van der Waals surface area contributed by atoms with Crippen LogP contribution in [0.4, 0.5) is 5.69 Å². The van der Waals surface area contributed by atoms with E-state index in [-0.39, 0.29) is 10.5 Å². The fourth-order valence-electron chi connectivity index (χ4n) is 1.02. The van der Waals surface area contributed by atoms with Gasteiger partial charge in [-0.05, 0) is 34.5 Å². The second-order valence-electron chi connectivity index (χ2n) is 3.00. The zero-order valence-corrected chi connectivity index (χ0v) is 11.2. The summed E-state index contributed by atoms with van der Waals surface area (Å²) in [4.78, 5) is 10.5. The van der Waals surface area contributed by atoms with Crippen LogP contribution in [0.1, 0.15) is 12.5 Å². The van der Waals surface area contributed by atoms with Crippen LogP contribution in [-0.2, 0) is 0 Å². The number of hydrogen-bond donors (Lipinski definition) is 0. The molecule has 0 aliphatic carbocycles. The second kappa shape index (κ2) is 5.42. The van der Waals surface area contributed by atoms with Gasteiger partial charge in [-0.25, -0.2) is 0 Å². The van der Waals surface area contributed by atoms with E-state index in [2.05, 4.69) is 31.9 Å². The van der Waals surface area contributed by atoms with Gasteiger partial charge in [0.15, 0.2) is 0 Å². The Bertz CT molecular complexity index is 402. The minimum Gasteiger partial charge on any atom is -0.258 e. The highest BCUT2D eigenvalue weighted by Gasteiger charge is 2.10. The van der Waals surface area contributed by atoms with Crippen LogP contribution in [0.2, 0.25) is 0 Å². The number of benzene rings is 1. The van der Waals surface area contributed by atoms with Crippen molar-refractivity contribution < 1.29 is 4.92 Å². The molecule has 15 heavy (non-hydrogen) atoms. The minimum absolute atomic E-state index is 0.0828. The third-order valence-electron chi connectivity index (χ3n) is 1.72. The predicted molar refractivity (Wildman–Crippen MR) is 68.2 cm³/mol. The summed E-state index contributed by atoms with van der Waals surface area (Å²) in [6, 6.07) is 5.04. The monoisotopic (exact) mass is 333 g/mol. The average Bonchev–Trinajstić information content (AvgIpc) is 2.16. The molecular formula is C10H9Br2NO2. The maximum Gasteiger partial charge on any atom is 0.284 e. The predicted octanol–water partition coefficient (Wildman–Crippen LogP) is 4.15. The standard InChI is InChI=1S/C10H9Br2NO2/c1-7(11)2-3-8-4-5-9(12)10(6-8)13(14)15/h2-7H,1H3/b3-2+. The summed E-state index contributed by atoms with van der Waals surface area (Å²) in [6.07, 6.45) is 3.77. The van der Waals surface area contributed by atoms with Gasteiger partial charge < -0.3 is 0 Å². The fraction of sp³-hybridized carbons (Fsp3) is 0.200. The van der Waals surface area contributed by atoms with Crippen molar-refractivity contribution in [2.45, 2.75) is 11.8 Å². The molecule has 0 fully saturated rings. The van der Waals surface area contributed by atoms with Crippen LogP contribution >= 0.6 is 31.9 Å². The van der Waals surface area contributed by atoms with Crippen molar-refractivity contribution in [2.24, 2.45) is 0 Å². The van der Waals surface area contributed by atoms with Gasteiger partial charge in [0.25, 0.3) is 5.69 Å². The molecule has 0 aliphatic rings. The molecule has 0 N–H and O–H groups in total. The van der Waals surface area contributed by atoms with E-state index in [1.54, 1.807) is 6.07 Å². The number of allylic oxidation sites excluding steroid dienone is 1. The normalized spacial score (nSPS) is 13.0. The lowest BCUT2D eigenvalue weighted by molar-refractivity contribution is -0.385. The van der Waals surface area contributed by atoms with Crippen LogP contribution in [0.5, 0.6) is 0 Å². The second-order valence-corrected chi connectivity index (χ2v) is 5.30. The molecule has 80 valence electrons. The molecule has 0 aromatic heterocycles.